The number of carbonyl (C=O) groups is 3. The van der Waals surface area contributed by atoms with Crippen molar-refractivity contribution in [3.63, 3.8) is 0 Å². The van der Waals surface area contributed by atoms with E-state index >= 15 is 0 Å². The van der Waals surface area contributed by atoms with E-state index < -0.39 is 18.1 Å². The molecule has 0 amide bonds. The minimum atomic E-state index is -0.885. The number of aliphatic carboxylic acids is 1. The second-order valence-corrected chi connectivity index (χ2v) is 13.5. The molecule has 0 heterocycles. The highest BCUT2D eigenvalue weighted by molar-refractivity contribution is 5.72. The first-order valence-electron chi connectivity index (χ1n) is 18.9. The molecule has 0 aromatic heterocycles. The Labute approximate surface area is 298 Å². The second kappa shape index (κ2) is 32.2. The molecule has 0 aliphatic rings. The SMILES string of the molecule is CC/C=C/C=C/C=C/C=C/CCCCCCCC(=O)OC(COCCC(C(=O)O)[N+](C)(C)C)COC(=O)CCCCCC/C=C/CCCC. The molecule has 8 heteroatoms. The van der Waals surface area contributed by atoms with Crippen LogP contribution in [0, 0.1) is 0 Å². The van der Waals surface area contributed by atoms with Crippen LogP contribution in [0.15, 0.2) is 60.8 Å². The molecule has 2 atom stereocenters. The Morgan fingerprint density at radius 3 is 1.76 bits per heavy atom. The van der Waals surface area contributed by atoms with Crippen molar-refractivity contribution in [2.75, 3.05) is 41.0 Å². The monoisotopic (exact) mass is 689 g/mol. The largest absolute Gasteiger partial charge is 0.477 e. The van der Waals surface area contributed by atoms with Gasteiger partial charge in [-0.3, -0.25) is 9.59 Å². The van der Waals surface area contributed by atoms with Crippen LogP contribution in [-0.2, 0) is 28.6 Å². The van der Waals surface area contributed by atoms with Gasteiger partial charge in [0.15, 0.2) is 12.1 Å². The highest BCUT2D eigenvalue weighted by Gasteiger charge is 2.31. The van der Waals surface area contributed by atoms with Crippen LogP contribution in [0.25, 0.3) is 0 Å². The van der Waals surface area contributed by atoms with E-state index in [0.717, 1.165) is 83.5 Å². The van der Waals surface area contributed by atoms with Crippen LogP contribution in [0.3, 0.4) is 0 Å². The summed E-state index contributed by atoms with van der Waals surface area (Å²) in [4.78, 5) is 36.7. The number of ether oxygens (including phenoxy) is 3. The van der Waals surface area contributed by atoms with Gasteiger partial charge in [-0.15, -0.1) is 0 Å². The lowest BCUT2D eigenvalue weighted by atomic mass is 10.1. The van der Waals surface area contributed by atoms with Crippen molar-refractivity contribution in [1.29, 1.82) is 0 Å². The molecule has 0 rings (SSSR count). The number of carbonyl (C=O) groups excluding carboxylic acids is 2. The second-order valence-electron chi connectivity index (χ2n) is 13.5. The molecule has 0 aromatic rings. The Kier molecular flexibility index (Phi) is 30.3. The van der Waals surface area contributed by atoms with E-state index in [4.69, 9.17) is 14.2 Å². The Morgan fingerprint density at radius 2 is 1.16 bits per heavy atom. The number of likely N-dealkylation sites (N-methyl/N-ethyl adjacent to an activating group) is 1. The zero-order valence-electron chi connectivity index (χ0n) is 31.6. The van der Waals surface area contributed by atoms with Crippen LogP contribution in [0.1, 0.15) is 129 Å². The molecule has 0 saturated carbocycles. The van der Waals surface area contributed by atoms with Gasteiger partial charge >= 0.3 is 17.9 Å². The number of allylic oxidation sites excluding steroid dienone is 10. The lowest BCUT2D eigenvalue weighted by Crippen LogP contribution is -2.50. The molecule has 0 radical (unpaired) electrons. The van der Waals surface area contributed by atoms with Gasteiger partial charge in [-0.25, -0.2) is 4.79 Å². The number of quaternary nitrogens is 1. The third kappa shape index (κ3) is 30.8. The molecule has 1 N–H and O–H groups in total. The summed E-state index contributed by atoms with van der Waals surface area (Å²) in [6.07, 6.45) is 36.9. The van der Waals surface area contributed by atoms with Crippen LogP contribution in [0.5, 0.6) is 0 Å². The van der Waals surface area contributed by atoms with Crippen LogP contribution in [0.4, 0.5) is 0 Å². The van der Waals surface area contributed by atoms with Crippen LogP contribution >= 0.6 is 0 Å². The minimum absolute atomic E-state index is 0.0448. The van der Waals surface area contributed by atoms with Crippen molar-refractivity contribution in [3.05, 3.63) is 60.8 Å². The number of hydrogen-bond acceptors (Lipinski definition) is 6. The number of unbranched alkanes of at least 4 members (excludes halogenated alkanes) is 11. The number of carboxylic acids is 1. The summed E-state index contributed by atoms with van der Waals surface area (Å²) in [5, 5.41) is 9.57. The van der Waals surface area contributed by atoms with Gasteiger partial charge in [0.2, 0.25) is 0 Å². The Bertz CT molecular complexity index is 990. The van der Waals surface area contributed by atoms with Crippen molar-refractivity contribution in [2.45, 2.75) is 142 Å². The molecule has 0 aromatic carbocycles. The molecule has 0 spiro atoms. The molecule has 49 heavy (non-hydrogen) atoms. The lowest BCUT2D eigenvalue weighted by molar-refractivity contribution is -0.887. The summed E-state index contributed by atoms with van der Waals surface area (Å²) in [6, 6.07) is -0.621. The standard InChI is InChI=1S/C41H69NO7/c1-6-8-10-12-14-16-18-19-20-21-22-24-26-28-30-32-40(44)49-37(35-47-34-33-38(41(45)46)42(3,4)5)36-48-39(43)31-29-27-25-23-17-15-13-11-9-7-2/h8,10,12-16,18-20,37-38H,6-7,9,11,17,21-36H2,1-5H3/p+1/b10-8+,14-12+,15-13+,18-16+,20-19+. The van der Waals surface area contributed by atoms with Gasteiger partial charge in [0.25, 0.3) is 0 Å². The average molecular weight is 689 g/mol. The summed E-state index contributed by atoms with van der Waals surface area (Å²) < 4.78 is 17.1. The van der Waals surface area contributed by atoms with Gasteiger partial charge in [-0.05, 0) is 51.4 Å². The average Bonchev–Trinajstić information content (AvgIpc) is 3.05. The van der Waals surface area contributed by atoms with Gasteiger partial charge < -0.3 is 23.8 Å². The maximum absolute atomic E-state index is 12.6. The summed E-state index contributed by atoms with van der Waals surface area (Å²) in [7, 11) is 5.49. The first kappa shape index (κ1) is 46.0. The van der Waals surface area contributed by atoms with Crippen molar-refractivity contribution in [2.24, 2.45) is 0 Å². The maximum atomic E-state index is 12.6. The topological polar surface area (TPSA) is 99.1 Å². The summed E-state index contributed by atoms with van der Waals surface area (Å²) in [5.74, 6) is -1.53. The summed E-state index contributed by atoms with van der Waals surface area (Å²) >= 11 is 0. The highest BCUT2D eigenvalue weighted by atomic mass is 16.6. The molecule has 280 valence electrons. The zero-order valence-corrected chi connectivity index (χ0v) is 31.6. The predicted molar refractivity (Wildman–Crippen MR) is 201 cm³/mol. The fraction of sp³-hybridized carbons (Fsp3) is 0.683. The van der Waals surface area contributed by atoms with Gasteiger partial charge in [0.05, 0.1) is 34.4 Å². The number of hydrogen-bond donors (Lipinski definition) is 1. The quantitative estimate of drug-likeness (QED) is 0.0247. The predicted octanol–water partition coefficient (Wildman–Crippen LogP) is 9.46. The Hall–Kier alpha value is -2.97. The minimum Gasteiger partial charge on any atom is -0.477 e. The summed E-state index contributed by atoms with van der Waals surface area (Å²) in [5.41, 5.74) is 0. The number of nitrogens with zero attached hydrogens (tertiary/aromatic N) is 1. The van der Waals surface area contributed by atoms with E-state index in [2.05, 4.69) is 44.2 Å². The fourth-order valence-corrected chi connectivity index (χ4v) is 5.02. The first-order chi connectivity index (χ1) is 23.6. The molecular formula is C41H70NO7+. The Morgan fingerprint density at radius 1 is 0.633 bits per heavy atom. The van der Waals surface area contributed by atoms with E-state index in [9.17, 15) is 19.5 Å². The number of carboxylic acid groups (broad SMARTS) is 1. The van der Waals surface area contributed by atoms with Crippen LogP contribution in [0.2, 0.25) is 0 Å². The van der Waals surface area contributed by atoms with E-state index in [1.54, 1.807) is 0 Å². The third-order valence-corrected chi connectivity index (χ3v) is 8.00. The van der Waals surface area contributed by atoms with Crippen LogP contribution in [-0.4, -0.2) is 80.6 Å². The Balaban J connectivity index is 4.50. The number of esters is 2. The summed E-state index contributed by atoms with van der Waals surface area (Å²) in [6.45, 7) is 4.48. The molecule has 0 aliphatic carbocycles. The van der Waals surface area contributed by atoms with Gasteiger partial charge in [0, 0.05) is 19.3 Å². The molecule has 8 nitrogen and oxygen atoms in total. The number of rotatable bonds is 32. The van der Waals surface area contributed by atoms with Gasteiger partial charge in [0.1, 0.15) is 6.61 Å². The fourth-order valence-electron chi connectivity index (χ4n) is 5.02. The zero-order chi connectivity index (χ0) is 36.4. The third-order valence-electron chi connectivity index (χ3n) is 8.00. The van der Waals surface area contributed by atoms with E-state index in [1.165, 1.54) is 12.8 Å². The van der Waals surface area contributed by atoms with E-state index in [1.807, 2.05) is 51.5 Å². The van der Waals surface area contributed by atoms with Gasteiger partial charge in [-0.2, -0.15) is 0 Å². The van der Waals surface area contributed by atoms with Crippen molar-refractivity contribution in [1.82, 2.24) is 0 Å². The molecular weight excluding hydrogens is 618 g/mol. The lowest BCUT2D eigenvalue weighted by Gasteiger charge is -2.31. The van der Waals surface area contributed by atoms with Crippen molar-refractivity contribution < 1.29 is 38.2 Å². The first-order valence-corrected chi connectivity index (χ1v) is 18.9. The molecule has 2 unspecified atom stereocenters. The molecule has 0 aliphatic heterocycles. The van der Waals surface area contributed by atoms with E-state index in [0.29, 0.717) is 19.3 Å². The smallest absolute Gasteiger partial charge is 0.362 e. The van der Waals surface area contributed by atoms with Gasteiger partial charge in [-0.1, -0.05) is 120 Å². The van der Waals surface area contributed by atoms with Crippen molar-refractivity contribution >= 4 is 17.9 Å². The van der Waals surface area contributed by atoms with Crippen LogP contribution < -0.4 is 0 Å². The van der Waals surface area contributed by atoms with E-state index in [-0.39, 0.29) is 36.2 Å². The molecule has 0 bridgehead atoms. The van der Waals surface area contributed by atoms with Crippen molar-refractivity contribution in [3.8, 4) is 0 Å². The maximum Gasteiger partial charge on any atom is 0.362 e. The molecule has 0 saturated heterocycles. The highest BCUT2D eigenvalue weighted by Crippen LogP contribution is 2.12. The normalized spacial score (nSPS) is 13.7. The molecule has 0 fully saturated rings.